The number of ether oxygens (including phenoxy) is 2. The number of carboxylic acids is 1. The van der Waals surface area contributed by atoms with Gasteiger partial charge < -0.3 is 25.2 Å². The number of hydrogen-bond acceptors (Lipinski definition) is 9. The Morgan fingerprint density at radius 3 is 1.42 bits per heavy atom. The molecule has 0 aromatic carbocycles. The fraction of sp³-hybridized carbons (Fsp3) is 0.800. The first-order valence-electron chi connectivity index (χ1n) is 22.5. The summed E-state index contributed by atoms with van der Waals surface area (Å²) >= 11 is 0. The van der Waals surface area contributed by atoms with Crippen LogP contribution >= 0.6 is 7.82 Å². The van der Waals surface area contributed by atoms with Gasteiger partial charge in [0, 0.05) is 12.8 Å². The van der Waals surface area contributed by atoms with Gasteiger partial charge in [-0.3, -0.25) is 23.4 Å². The highest BCUT2D eigenvalue weighted by Gasteiger charge is 2.28. The van der Waals surface area contributed by atoms with Crippen LogP contribution in [0.5, 0.6) is 0 Å². The number of unbranched alkanes of at least 4 members (excludes halogenated alkanes) is 22. The van der Waals surface area contributed by atoms with Gasteiger partial charge in [-0.05, 0) is 70.6 Å². The molecule has 0 saturated heterocycles. The fourth-order valence-electron chi connectivity index (χ4n) is 6.03. The van der Waals surface area contributed by atoms with Crippen molar-refractivity contribution in [3.05, 3.63) is 36.5 Å². The molecule has 0 aliphatic rings. The van der Waals surface area contributed by atoms with E-state index in [1.54, 1.807) is 0 Å². The van der Waals surface area contributed by atoms with Crippen LogP contribution in [0.25, 0.3) is 0 Å². The Balaban J connectivity index is 4.31. The third kappa shape index (κ3) is 40.3. The van der Waals surface area contributed by atoms with E-state index in [1.807, 2.05) is 0 Å². The average molecular weight is 828 g/mol. The minimum absolute atomic E-state index is 0.155. The molecule has 0 bridgehead atoms. The van der Waals surface area contributed by atoms with E-state index in [1.165, 1.54) is 89.9 Å². The lowest BCUT2D eigenvalue weighted by Crippen LogP contribution is -2.34. The van der Waals surface area contributed by atoms with Crippen LogP contribution in [0.3, 0.4) is 0 Å². The number of nitrogens with two attached hydrogens (primary N) is 1. The lowest BCUT2D eigenvalue weighted by atomic mass is 10.1. The van der Waals surface area contributed by atoms with Gasteiger partial charge in [-0.2, -0.15) is 0 Å². The summed E-state index contributed by atoms with van der Waals surface area (Å²) in [5.41, 5.74) is 5.33. The van der Waals surface area contributed by atoms with Gasteiger partial charge in [0.1, 0.15) is 12.6 Å². The van der Waals surface area contributed by atoms with Crippen molar-refractivity contribution < 1.29 is 47.5 Å². The highest BCUT2D eigenvalue weighted by atomic mass is 31.2. The summed E-state index contributed by atoms with van der Waals surface area (Å²) in [7, 11) is -4.72. The largest absolute Gasteiger partial charge is 0.480 e. The fourth-order valence-corrected chi connectivity index (χ4v) is 6.81. The SMILES string of the molecule is CCCCC/C=C\CCCCCCCC(=O)OCC(COP(=O)(O)OCC(N)C(=O)O)OC(=O)CCCCCCCCCCC/C=C\C/C=C\CCCCCCC. The zero-order chi connectivity index (χ0) is 42.1. The molecule has 4 N–H and O–H groups in total. The number of carboxylic acid groups (broad SMARTS) is 1. The van der Waals surface area contributed by atoms with Crippen LogP contribution in [0, 0.1) is 0 Å². The van der Waals surface area contributed by atoms with E-state index in [4.69, 9.17) is 24.8 Å². The van der Waals surface area contributed by atoms with Crippen molar-refractivity contribution in [2.75, 3.05) is 19.8 Å². The van der Waals surface area contributed by atoms with Gasteiger partial charge in [0.2, 0.25) is 0 Å². The Morgan fingerprint density at radius 1 is 0.544 bits per heavy atom. The number of allylic oxidation sites excluding steroid dienone is 6. The number of phosphoric ester groups is 1. The monoisotopic (exact) mass is 828 g/mol. The van der Waals surface area contributed by atoms with Crippen LogP contribution < -0.4 is 5.73 Å². The number of carbonyl (C=O) groups is 3. The number of aliphatic carboxylic acids is 1. The molecular formula is C45H82NO10P. The zero-order valence-electron chi connectivity index (χ0n) is 35.9. The van der Waals surface area contributed by atoms with Gasteiger partial charge in [0.15, 0.2) is 6.10 Å². The zero-order valence-corrected chi connectivity index (χ0v) is 36.8. The van der Waals surface area contributed by atoms with E-state index in [0.29, 0.717) is 12.8 Å². The van der Waals surface area contributed by atoms with Crippen LogP contribution in [0.4, 0.5) is 0 Å². The maximum absolute atomic E-state index is 12.6. The maximum Gasteiger partial charge on any atom is 0.472 e. The van der Waals surface area contributed by atoms with Crippen molar-refractivity contribution in [3.63, 3.8) is 0 Å². The van der Waals surface area contributed by atoms with Crippen molar-refractivity contribution in [1.82, 2.24) is 0 Å². The Hall–Kier alpha value is -2.30. The van der Waals surface area contributed by atoms with Gasteiger partial charge in [-0.25, -0.2) is 4.57 Å². The molecule has 0 aliphatic carbocycles. The Bertz CT molecular complexity index is 1110. The van der Waals surface area contributed by atoms with Gasteiger partial charge in [0.25, 0.3) is 0 Å². The predicted octanol–water partition coefficient (Wildman–Crippen LogP) is 12.0. The molecule has 57 heavy (non-hydrogen) atoms. The molecule has 3 unspecified atom stereocenters. The first-order valence-corrected chi connectivity index (χ1v) is 24.0. The van der Waals surface area contributed by atoms with Gasteiger partial charge >= 0.3 is 25.7 Å². The van der Waals surface area contributed by atoms with Crippen LogP contribution in [-0.4, -0.2) is 59.9 Å². The second-order valence-electron chi connectivity index (χ2n) is 15.2. The normalized spacial score (nSPS) is 14.0. The second kappa shape index (κ2) is 40.5. The highest BCUT2D eigenvalue weighted by molar-refractivity contribution is 7.47. The van der Waals surface area contributed by atoms with E-state index in [0.717, 1.165) is 70.6 Å². The summed E-state index contributed by atoms with van der Waals surface area (Å²) in [5.74, 6) is -2.39. The molecule has 12 heteroatoms. The average Bonchev–Trinajstić information content (AvgIpc) is 3.19. The number of esters is 2. The smallest absolute Gasteiger partial charge is 0.472 e. The summed E-state index contributed by atoms with van der Waals surface area (Å²) in [6, 6.07) is -1.52. The van der Waals surface area contributed by atoms with E-state index >= 15 is 0 Å². The van der Waals surface area contributed by atoms with Crippen molar-refractivity contribution in [1.29, 1.82) is 0 Å². The van der Waals surface area contributed by atoms with E-state index in [2.05, 4.69) is 54.8 Å². The molecule has 0 aromatic rings. The summed E-state index contributed by atoms with van der Waals surface area (Å²) in [6.45, 7) is 2.76. The molecule has 3 atom stereocenters. The molecule has 0 radical (unpaired) electrons. The summed E-state index contributed by atoms with van der Waals surface area (Å²) in [6.07, 6.45) is 43.5. The Labute approximate surface area is 346 Å². The number of carbonyl (C=O) groups excluding carboxylic acids is 2. The molecule has 0 rings (SSSR count). The third-order valence-electron chi connectivity index (χ3n) is 9.61. The van der Waals surface area contributed by atoms with Crippen molar-refractivity contribution in [2.24, 2.45) is 5.73 Å². The molecule has 0 aliphatic heterocycles. The minimum atomic E-state index is -4.72. The van der Waals surface area contributed by atoms with Crippen molar-refractivity contribution in [3.8, 4) is 0 Å². The highest BCUT2D eigenvalue weighted by Crippen LogP contribution is 2.43. The Morgan fingerprint density at radius 2 is 0.930 bits per heavy atom. The molecule has 0 aromatic heterocycles. The summed E-state index contributed by atoms with van der Waals surface area (Å²) in [4.78, 5) is 45.9. The molecule has 0 fully saturated rings. The molecular weight excluding hydrogens is 745 g/mol. The first-order chi connectivity index (χ1) is 27.6. The summed E-state index contributed by atoms with van der Waals surface area (Å²) < 4.78 is 32.7. The second-order valence-corrected chi connectivity index (χ2v) is 16.6. The Kier molecular flexibility index (Phi) is 38.8. The summed E-state index contributed by atoms with van der Waals surface area (Å²) in [5, 5.41) is 8.89. The van der Waals surface area contributed by atoms with Crippen LogP contribution in [-0.2, 0) is 37.5 Å². The van der Waals surface area contributed by atoms with E-state index < -0.39 is 51.1 Å². The number of phosphoric acid groups is 1. The van der Waals surface area contributed by atoms with E-state index in [9.17, 15) is 23.8 Å². The molecule has 0 heterocycles. The lowest BCUT2D eigenvalue weighted by molar-refractivity contribution is -0.161. The van der Waals surface area contributed by atoms with E-state index in [-0.39, 0.29) is 19.4 Å². The molecule has 11 nitrogen and oxygen atoms in total. The van der Waals surface area contributed by atoms with Crippen LogP contribution in [0.1, 0.15) is 200 Å². The number of hydrogen-bond donors (Lipinski definition) is 3. The number of rotatable bonds is 42. The van der Waals surface area contributed by atoms with Crippen molar-refractivity contribution >= 4 is 25.7 Å². The molecule has 332 valence electrons. The van der Waals surface area contributed by atoms with Gasteiger partial charge in [-0.15, -0.1) is 0 Å². The molecule has 0 saturated carbocycles. The van der Waals surface area contributed by atoms with Gasteiger partial charge in [0.05, 0.1) is 13.2 Å². The topological polar surface area (TPSA) is 172 Å². The van der Waals surface area contributed by atoms with Gasteiger partial charge in [-0.1, -0.05) is 153 Å². The maximum atomic E-state index is 12.6. The standard InChI is InChI=1S/C45H82NO10P/c1-3-5-7-9-11-13-15-17-18-19-20-21-22-23-24-25-27-29-31-33-35-37-44(48)56-41(39-54-57(51,52)55-40-42(46)45(49)50)38-53-43(47)36-34-32-30-28-26-16-14-12-10-8-6-4-2/h12,14-15,17,19-20,41-42H,3-11,13,16,18,21-40,46H2,1-2H3,(H,49,50)(H,51,52)/b14-12-,17-15-,20-19-. The quantitative estimate of drug-likeness (QED) is 0.0231. The molecule has 0 spiro atoms. The molecule has 0 amide bonds. The van der Waals surface area contributed by atoms with Crippen molar-refractivity contribution in [2.45, 2.75) is 212 Å². The lowest BCUT2D eigenvalue weighted by Gasteiger charge is -2.20. The van der Waals surface area contributed by atoms with Crippen LogP contribution in [0.2, 0.25) is 0 Å². The minimum Gasteiger partial charge on any atom is -0.480 e. The third-order valence-corrected chi connectivity index (χ3v) is 10.6. The first kappa shape index (κ1) is 54.7. The predicted molar refractivity (Wildman–Crippen MR) is 231 cm³/mol. The van der Waals surface area contributed by atoms with Crippen LogP contribution in [0.15, 0.2) is 36.5 Å².